The van der Waals surface area contributed by atoms with E-state index in [1.54, 1.807) is 0 Å². The zero-order valence-electron chi connectivity index (χ0n) is 11.6. The lowest BCUT2D eigenvalue weighted by Crippen LogP contribution is -2.16. The summed E-state index contributed by atoms with van der Waals surface area (Å²) < 4.78 is 0.666. The quantitative estimate of drug-likeness (QED) is 0.695. The van der Waals surface area contributed by atoms with Crippen LogP contribution in [0.4, 0.5) is 0 Å². The number of benzene rings is 1. The summed E-state index contributed by atoms with van der Waals surface area (Å²) in [7, 11) is 0. The lowest BCUT2D eigenvalue weighted by Gasteiger charge is -2.06. The minimum absolute atomic E-state index is 0.0981. The van der Waals surface area contributed by atoms with Crippen molar-refractivity contribution >= 4 is 33.5 Å². The Labute approximate surface area is 135 Å². The van der Waals surface area contributed by atoms with E-state index in [2.05, 4.69) is 44.5 Å². The van der Waals surface area contributed by atoms with Crippen molar-refractivity contribution in [2.75, 3.05) is 0 Å². The van der Waals surface area contributed by atoms with E-state index in [1.165, 1.54) is 0 Å². The molecule has 1 aromatic carbocycles. The molecule has 4 nitrogen and oxygen atoms in total. The molecule has 0 amide bonds. The standard InChI is InChI=1S/C16H14IN3O/c1-2-5-12-14(17)16(21)20-15(19-12)13-9-8-10-6-3-4-7-11(10)18-13/h3-4,6-9H,2,5H2,1H3,(H,19,20,21). The van der Waals surface area contributed by atoms with Crippen molar-refractivity contribution in [2.24, 2.45) is 0 Å². The fraction of sp³-hybridized carbons (Fsp3) is 0.188. The zero-order chi connectivity index (χ0) is 14.8. The molecule has 0 aliphatic rings. The van der Waals surface area contributed by atoms with Crippen LogP contribution in [0.5, 0.6) is 0 Å². The van der Waals surface area contributed by atoms with Gasteiger partial charge in [0.15, 0.2) is 5.82 Å². The third-order valence-electron chi connectivity index (χ3n) is 3.26. The Morgan fingerprint density at radius 2 is 1.95 bits per heavy atom. The number of pyridine rings is 1. The summed E-state index contributed by atoms with van der Waals surface area (Å²) in [6.45, 7) is 2.08. The van der Waals surface area contributed by atoms with Gasteiger partial charge in [-0.2, -0.15) is 0 Å². The van der Waals surface area contributed by atoms with E-state index < -0.39 is 0 Å². The number of aromatic amines is 1. The highest BCUT2D eigenvalue weighted by molar-refractivity contribution is 14.1. The van der Waals surface area contributed by atoms with Gasteiger partial charge >= 0.3 is 0 Å². The first-order valence-corrected chi connectivity index (χ1v) is 7.91. The van der Waals surface area contributed by atoms with Gasteiger partial charge in [-0.25, -0.2) is 9.97 Å². The first-order chi connectivity index (χ1) is 10.2. The van der Waals surface area contributed by atoms with Crippen molar-refractivity contribution in [2.45, 2.75) is 19.8 Å². The van der Waals surface area contributed by atoms with Crippen LogP contribution >= 0.6 is 22.6 Å². The average molecular weight is 391 g/mol. The number of hydrogen-bond acceptors (Lipinski definition) is 3. The zero-order valence-corrected chi connectivity index (χ0v) is 13.7. The van der Waals surface area contributed by atoms with Crippen molar-refractivity contribution in [1.29, 1.82) is 0 Å². The molecular formula is C16H14IN3O. The number of aryl methyl sites for hydroxylation is 1. The van der Waals surface area contributed by atoms with Crippen molar-refractivity contribution in [3.8, 4) is 11.5 Å². The van der Waals surface area contributed by atoms with Crippen LogP contribution in [0.1, 0.15) is 19.0 Å². The molecule has 0 unspecified atom stereocenters. The van der Waals surface area contributed by atoms with Gasteiger partial charge in [0, 0.05) is 5.39 Å². The third kappa shape index (κ3) is 2.83. The Morgan fingerprint density at radius 3 is 2.76 bits per heavy atom. The molecule has 0 fully saturated rings. The van der Waals surface area contributed by atoms with E-state index in [0.29, 0.717) is 15.1 Å². The van der Waals surface area contributed by atoms with Gasteiger partial charge in [0.1, 0.15) is 5.69 Å². The molecule has 3 rings (SSSR count). The number of nitrogens with one attached hydrogen (secondary N) is 1. The molecule has 0 atom stereocenters. The van der Waals surface area contributed by atoms with Crippen LogP contribution in [-0.2, 0) is 6.42 Å². The van der Waals surface area contributed by atoms with Gasteiger partial charge in [-0.05, 0) is 41.1 Å². The highest BCUT2D eigenvalue weighted by atomic mass is 127. The van der Waals surface area contributed by atoms with Crippen molar-refractivity contribution in [3.63, 3.8) is 0 Å². The second-order valence-electron chi connectivity index (χ2n) is 4.81. The number of nitrogens with zero attached hydrogens (tertiary/aromatic N) is 2. The molecule has 106 valence electrons. The third-order valence-corrected chi connectivity index (χ3v) is 4.37. The summed E-state index contributed by atoms with van der Waals surface area (Å²) in [4.78, 5) is 24.0. The molecule has 21 heavy (non-hydrogen) atoms. The summed E-state index contributed by atoms with van der Waals surface area (Å²) in [6.07, 6.45) is 1.75. The topological polar surface area (TPSA) is 58.6 Å². The van der Waals surface area contributed by atoms with Crippen LogP contribution in [-0.4, -0.2) is 15.0 Å². The Bertz CT molecular complexity index is 858. The summed E-state index contributed by atoms with van der Waals surface area (Å²) in [5, 5.41) is 1.07. The second-order valence-corrected chi connectivity index (χ2v) is 5.89. The van der Waals surface area contributed by atoms with Gasteiger partial charge in [-0.3, -0.25) is 4.79 Å². The number of fused-ring (bicyclic) bond motifs is 1. The normalized spacial score (nSPS) is 11.0. The molecular weight excluding hydrogens is 377 g/mol. The second kappa shape index (κ2) is 5.93. The SMILES string of the molecule is CCCc1nc(-c2ccc3ccccc3n2)[nH]c(=O)c1I. The summed E-state index contributed by atoms with van der Waals surface area (Å²) in [5.74, 6) is 0.537. The summed E-state index contributed by atoms with van der Waals surface area (Å²) in [6, 6.07) is 11.8. The van der Waals surface area contributed by atoms with Crippen LogP contribution in [0, 0.1) is 3.57 Å². The number of rotatable bonds is 3. The molecule has 3 aromatic rings. The smallest absolute Gasteiger partial charge is 0.264 e. The predicted octanol–water partition coefficient (Wildman–Crippen LogP) is 3.54. The van der Waals surface area contributed by atoms with Gasteiger partial charge in [0.05, 0.1) is 14.8 Å². The Balaban J connectivity index is 2.15. The molecule has 0 saturated carbocycles. The van der Waals surface area contributed by atoms with Crippen LogP contribution in [0.15, 0.2) is 41.2 Å². The molecule has 5 heteroatoms. The van der Waals surface area contributed by atoms with E-state index in [0.717, 1.165) is 29.4 Å². The van der Waals surface area contributed by atoms with Crippen molar-refractivity contribution in [3.05, 3.63) is 56.0 Å². The minimum atomic E-state index is -0.0981. The van der Waals surface area contributed by atoms with Crippen LogP contribution < -0.4 is 5.56 Å². The number of aromatic nitrogens is 3. The Kier molecular flexibility index (Phi) is 4.01. The molecule has 0 aliphatic carbocycles. The van der Waals surface area contributed by atoms with Crippen LogP contribution in [0.2, 0.25) is 0 Å². The lowest BCUT2D eigenvalue weighted by molar-refractivity contribution is 0.859. The molecule has 2 aromatic heterocycles. The van der Waals surface area contributed by atoms with E-state index in [4.69, 9.17) is 0 Å². The van der Waals surface area contributed by atoms with Gasteiger partial charge in [-0.15, -0.1) is 0 Å². The highest BCUT2D eigenvalue weighted by Crippen LogP contribution is 2.18. The molecule has 2 heterocycles. The van der Waals surface area contributed by atoms with Crippen molar-refractivity contribution < 1.29 is 0 Å². The number of halogens is 1. The lowest BCUT2D eigenvalue weighted by atomic mass is 10.2. The van der Waals surface area contributed by atoms with Crippen molar-refractivity contribution in [1.82, 2.24) is 15.0 Å². The Morgan fingerprint density at radius 1 is 1.14 bits per heavy atom. The monoisotopic (exact) mass is 391 g/mol. The maximum Gasteiger partial charge on any atom is 0.264 e. The average Bonchev–Trinajstić information content (AvgIpc) is 2.51. The number of H-pyrrole nitrogens is 1. The van der Waals surface area contributed by atoms with Gasteiger partial charge < -0.3 is 4.98 Å². The Hall–Kier alpha value is -1.76. The van der Waals surface area contributed by atoms with E-state index in [-0.39, 0.29) is 5.56 Å². The van der Waals surface area contributed by atoms with E-state index in [1.807, 2.05) is 36.4 Å². The first kappa shape index (κ1) is 14.2. The minimum Gasteiger partial charge on any atom is -0.304 e. The fourth-order valence-corrected chi connectivity index (χ4v) is 2.75. The van der Waals surface area contributed by atoms with E-state index >= 15 is 0 Å². The molecule has 0 bridgehead atoms. The maximum atomic E-state index is 12.0. The summed E-state index contributed by atoms with van der Waals surface area (Å²) in [5.41, 5.74) is 2.33. The summed E-state index contributed by atoms with van der Waals surface area (Å²) >= 11 is 2.05. The van der Waals surface area contributed by atoms with Crippen LogP contribution in [0.3, 0.4) is 0 Å². The number of hydrogen-bond donors (Lipinski definition) is 1. The fourth-order valence-electron chi connectivity index (χ4n) is 2.23. The van der Waals surface area contributed by atoms with Gasteiger partial charge in [-0.1, -0.05) is 37.6 Å². The van der Waals surface area contributed by atoms with Gasteiger partial charge in [0.2, 0.25) is 0 Å². The molecule has 0 spiro atoms. The molecule has 1 N–H and O–H groups in total. The molecule has 0 radical (unpaired) electrons. The molecule has 0 saturated heterocycles. The largest absolute Gasteiger partial charge is 0.304 e. The number of para-hydroxylation sites is 1. The first-order valence-electron chi connectivity index (χ1n) is 6.84. The van der Waals surface area contributed by atoms with Gasteiger partial charge in [0.25, 0.3) is 5.56 Å². The predicted molar refractivity (Wildman–Crippen MR) is 92.3 cm³/mol. The maximum absolute atomic E-state index is 12.0. The van der Waals surface area contributed by atoms with E-state index in [9.17, 15) is 4.79 Å². The molecule has 0 aliphatic heterocycles. The highest BCUT2D eigenvalue weighted by Gasteiger charge is 2.10. The van der Waals surface area contributed by atoms with Crippen LogP contribution in [0.25, 0.3) is 22.4 Å².